The van der Waals surface area contributed by atoms with Crippen LogP contribution in [0.25, 0.3) is 0 Å². The van der Waals surface area contributed by atoms with Crippen LogP contribution in [0, 0.1) is 0 Å². The maximum atomic E-state index is 11.7. The molecule has 1 aromatic rings. The largest absolute Gasteiger partial charge is 0.478 e. The minimum Gasteiger partial charge on any atom is -0.478 e. The van der Waals surface area contributed by atoms with Crippen LogP contribution in [0.4, 0.5) is 0 Å². The average Bonchev–Trinajstić information content (AvgIpc) is 2.44. The Balaban J connectivity index is 0.00000441. The Kier molecular flexibility index (Phi) is 10.7. The molecule has 1 N–H and O–H groups in total. The van der Waals surface area contributed by atoms with Gasteiger partial charge in [0.15, 0.2) is 0 Å². The minimum absolute atomic E-state index is 0. The first-order chi connectivity index (χ1) is 10.0. The molecule has 0 aliphatic carbocycles. The first kappa shape index (κ1) is 20.7. The van der Waals surface area contributed by atoms with E-state index in [2.05, 4.69) is 6.92 Å². The summed E-state index contributed by atoms with van der Waals surface area (Å²) in [6, 6.07) is 4.05. The lowest BCUT2D eigenvalue weighted by atomic mass is 10.1. The Morgan fingerprint density at radius 1 is 1.14 bits per heavy atom. The van der Waals surface area contributed by atoms with Crippen molar-refractivity contribution in [1.29, 1.82) is 0 Å². The van der Waals surface area contributed by atoms with E-state index in [0.29, 0.717) is 6.42 Å². The highest BCUT2D eigenvalue weighted by Gasteiger charge is 2.11. The molecule has 0 saturated heterocycles. The number of esters is 1. The van der Waals surface area contributed by atoms with E-state index < -0.39 is 5.97 Å². The second kappa shape index (κ2) is 11.3. The standard InChI is InChI=1S/C16H21ClO4.ClH/c1-2-3-4-5-6-7-8-15(18)21-14-10-9-12(16(19)20)11-13(14)17;/h9-11H,2-8H2,1H3,(H,19,20);1H. The number of carbonyl (C=O) groups is 2. The van der Waals surface area contributed by atoms with E-state index in [1.165, 1.54) is 37.5 Å². The van der Waals surface area contributed by atoms with Crippen molar-refractivity contribution >= 4 is 35.9 Å². The van der Waals surface area contributed by atoms with Gasteiger partial charge < -0.3 is 9.84 Å². The van der Waals surface area contributed by atoms with Gasteiger partial charge in [-0.2, -0.15) is 0 Å². The number of carbonyl (C=O) groups excluding carboxylic acids is 1. The molecule has 0 spiro atoms. The average molecular weight is 349 g/mol. The van der Waals surface area contributed by atoms with Gasteiger partial charge in [-0.3, -0.25) is 4.79 Å². The number of rotatable bonds is 9. The fourth-order valence-electron chi connectivity index (χ4n) is 1.94. The SMILES string of the molecule is CCCCCCCCC(=O)Oc1ccc(C(=O)O)cc1Cl.Cl. The number of ether oxygens (including phenoxy) is 1. The third-order valence-corrected chi connectivity index (χ3v) is 3.43. The first-order valence-corrected chi connectivity index (χ1v) is 7.66. The first-order valence-electron chi connectivity index (χ1n) is 7.28. The Hall–Kier alpha value is -1.26. The molecule has 0 aromatic heterocycles. The number of carboxylic acid groups (broad SMARTS) is 1. The minimum atomic E-state index is -1.07. The lowest BCUT2D eigenvalue weighted by Crippen LogP contribution is -2.08. The third kappa shape index (κ3) is 7.66. The van der Waals surface area contributed by atoms with E-state index in [-0.39, 0.29) is 34.7 Å². The summed E-state index contributed by atoms with van der Waals surface area (Å²) in [5, 5.41) is 8.95. The maximum absolute atomic E-state index is 11.7. The van der Waals surface area contributed by atoms with Gasteiger partial charge in [0, 0.05) is 6.42 Å². The molecule has 22 heavy (non-hydrogen) atoms. The van der Waals surface area contributed by atoms with E-state index in [4.69, 9.17) is 21.4 Å². The van der Waals surface area contributed by atoms with Crippen LogP contribution in [0.3, 0.4) is 0 Å². The van der Waals surface area contributed by atoms with Gasteiger partial charge in [-0.1, -0.05) is 50.6 Å². The number of carboxylic acids is 1. The second-order valence-corrected chi connectivity index (χ2v) is 5.35. The normalized spacial score (nSPS) is 9.91. The lowest BCUT2D eigenvalue weighted by molar-refractivity contribution is -0.134. The van der Waals surface area contributed by atoms with Crippen LogP contribution in [0.1, 0.15) is 62.2 Å². The number of hydrogen-bond acceptors (Lipinski definition) is 3. The van der Waals surface area contributed by atoms with Crippen molar-refractivity contribution in [2.24, 2.45) is 0 Å². The summed E-state index contributed by atoms with van der Waals surface area (Å²) in [5.41, 5.74) is 0.0655. The summed E-state index contributed by atoms with van der Waals surface area (Å²) >= 11 is 5.90. The van der Waals surface area contributed by atoms with Crippen LogP contribution in [0.2, 0.25) is 5.02 Å². The van der Waals surface area contributed by atoms with Crippen LogP contribution in [-0.4, -0.2) is 17.0 Å². The van der Waals surface area contributed by atoms with Gasteiger partial charge in [0.2, 0.25) is 0 Å². The number of hydrogen-bond donors (Lipinski definition) is 1. The fourth-order valence-corrected chi connectivity index (χ4v) is 2.16. The summed E-state index contributed by atoms with van der Waals surface area (Å²) in [6.45, 7) is 2.16. The second-order valence-electron chi connectivity index (χ2n) is 4.94. The van der Waals surface area contributed by atoms with Crippen molar-refractivity contribution < 1.29 is 19.4 Å². The Labute approximate surface area is 142 Å². The summed E-state index contributed by atoms with van der Waals surface area (Å²) < 4.78 is 5.14. The molecule has 0 unspecified atom stereocenters. The predicted octanol–water partition coefficient (Wildman–Crippen LogP) is 5.12. The molecule has 0 bridgehead atoms. The maximum Gasteiger partial charge on any atom is 0.335 e. The molecule has 1 aromatic carbocycles. The van der Waals surface area contributed by atoms with Crippen molar-refractivity contribution in [2.45, 2.75) is 51.9 Å². The van der Waals surface area contributed by atoms with E-state index in [9.17, 15) is 9.59 Å². The van der Waals surface area contributed by atoms with E-state index >= 15 is 0 Å². The zero-order valence-corrected chi connectivity index (χ0v) is 14.2. The lowest BCUT2D eigenvalue weighted by Gasteiger charge is -2.07. The monoisotopic (exact) mass is 348 g/mol. The van der Waals surface area contributed by atoms with E-state index in [1.807, 2.05) is 0 Å². The van der Waals surface area contributed by atoms with Gasteiger partial charge in [0.05, 0.1) is 10.6 Å². The molecule has 6 heteroatoms. The van der Waals surface area contributed by atoms with Gasteiger partial charge in [0.1, 0.15) is 5.75 Å². The van der Waals surface area contributed by atoms with Crippen LogP contribution < -0.4 is 4.74 Å². The summed E-state index contributed by atoms with van der Waals surface area (Å²) in [7, 11) is 0. The summed E-state index contributed by atoms with van der Waals surface area (Å²) in [5.74, 6) is -1.20. The zero-order valence-electron chi connectivity index (χ0n) is 12.6. The summed E-state index contributed by atoms with van der Waals surface area (Å²) in [4.78, 5) is 22.4. The molecule has 0 aliphatic heterocycles. The van der Waals surface area contributed by atoms with E-state index in [1.54, 1.807) is 0 Å². The molecule has 0 saturated carbocycles. The smallest absolute Gasteiger partial charge is 0.335 e. The van der Waals surface area contributed by atoms with Gasteiger partial charge >= 0.3 is 11.9 Å². The van der Waals surface area contributed by atoms with Crippen molar-refractivity contribution in [1.82, 2.24) is 0 Å². The van der Waals surface area contributed by atoms with Gasteiger partial charge in [0.25, 0.3) is 0 Å². The zero-order chi connectivity index (χ0) is 15.7. The van der Waals surface area contributed by atoms with Crippen LogP contribution in [0.15, 0.2) is 18.2 Å². The number of halogens is 2. The topological polar surface area (TPSA) is 63.6 Å². The fraction of sp³-hybridized carbons (Fsp3) is 0.500. The number of unbranched alkanes of at least 4 members (excludes halogenated alkanes) is 5. The Morgan fingerprint density at radius 3 is 2.36 bits per heavy atom. The predicted molar refractivity (Wildman–Crippen MR) is 89.3 cm³/mol. The molecular weight excluding hydrogens is 327 g/mol. The van der Waals surface area contributed by atoms with Gasteiger partial charge in [-0.05, 0) is 24.6 Å². The quantitative estimate of drug-likeness (QED) is 0.382. The van der Waals surface area contributed by atoms with Crippen molar-refractivity contribution in [3.8, 4) is 5.75 Å². The van der Waals surface area contributed by atoms with Crippen LogP contribution in [-0.2, 0) is 4.79 Å². The van der Waals surface area contributed by atoms with Crippen molar-refractivity contribution in [3.63, 3.8) is 0 Å². The Morgan fingerprint density at radius 2 is 1.77 bits per heavy atom. The molecule has 0 atom stereocenters. The summed E-state index contributed by atoms with van der Waals surface area (Å²) in [6.07, 6.45) is 6.93. The highest BCUT2D eigenvalue weighted by Crippen LogP contribution is 2.26. The number of aromatic carboxylic acids is 1. The number of benzene rings is 1. The van der Waals surface area contributed by atoms with Crippen LogP contribution >= 0.6 is 24.0 Å². The van der Waals surface area contributed by atoms with E-state index in [0.717, 1.165) is 19.3 Å². The van der Waals surface area contributed by atoms with Crippen LogP contribution in [0.5, 0.6) is 5.75 Å². The molecule has 4 nitrogen and oxygen atoms in total. The molecule has 0 fully saturated rings. The highest BCUT2D eigenvalue weighted by molar-refractivity contribution is 6.32. The van der Waals surface area contributed by atoms with Crippen molar-refractivity contribution in [3.05, 3.63) is 28.8 Å². The van der Waals surface area contributed by atoms with Crippen molar-refractivity contribution in [2.75, 3.05) is 0 Å². The molecule has 0 heterocycles. The molecule has 0 radical (unpaired) electrons. The van der Waals surface area contributed by atoms with Gasteiger partial charge in [-0.15, -0.1) is 12.4 Å². The molecular formula is C16H22Cl2O4. The highest BCUT2D eigenvalue weighted by atomic mass is 35.5. The Bertz CT molecular complexity index is 489. The molecule has 0 aliphatic rings. The van der Waals surface area contributed by atoms with Gasteiger partial charge in [-0.25, -0.2) is 4.79 Å². The third-order valence-electron chi connectivity index (χ3n) is 3.14. The molecule has 0 amide bonds. The molecule has 1 rings (SSSR count). The molecule has 124 valence electrons.